The van der Waals surface area contributed by atoms with Crippen LogP contribution in [-0.4, -0.2) is 42.8 Å². The minimum Gasteiger partial charge on any atom is -0.495 e. The summed E-state index contributed by atoms with van der Waals surface area (Å²) < 4.78 is 41.6. The standard InChI is InChI=1S/C25H24N4O5S/c1-15-12-13-29(27-15)20-7-5-6-18-16(20)8-10-19(26-18)24(30)28-35(31,32)23-21(33-4)11-9-17-22(23)34-14-25(17,2)3/h5-13H,14H2,1-4H3,(H,28,30). The number of benzene rings is 2. The Morgan fingerprint density at radius 3 is 2.66 bits per heavy atom. The van der Waals surface area contributed by atoms with Gasteiger partial charge in [0.2, 0.25) is 0 Å². The van der Waals surface area contributed by atoms with Gasteiger partial charge in [-0.15, -0.1) is 0 Å². The summed E-state index contributed by atoms with van der Waals surface area (Å²) in [5.74, 6) is -0.572. The number of aromatic nitrogens is 3. The summed E-state index contributed by atoms with van der Waals surface area (Å²) in [6.07, 6.45) is 1.84. The van der Waals surface area contributed by atoms with Crippen LogP contribution in [-0.2, 0) is 15.4 Å². The molecule has 5 rings (SSSR count). The van der Waals surface area contributed by atoms with E-state index in [0.717, 1.165) is 22.3 Å². The Hall–Kier alpha value is -3.92. The molecule has 2 aromatic heterocycles. The van der Waals surface area contributed by atoms with Gasteiger partial charge in [-0.3, -0.25) is 4.79 Å². The molecule has 2 aromatic carbocycles. The molecule has 0 radical (unpaired) electrons. The van der Waals surface area contributed by atoms with Crippen LogP contribution in [0.3, 0.4) is 0 Å². The predicted octanol–water partition coefficient (Wildman–Crippen LogP) is 3.53. The molecular formula is C25H24N4O5S. The largest absolute Gasteiger partial charge is 0.495 e. The van der Waals surface area contributed by atoms with Crippen LogP contribution in [0.2, 0.25) is 0 Å². The molecule has 9 nitrogen and oxygen atoms in total. The Kier molecular flexibility index (Phi) is 5.28. The maximum absolute atomic E-state index is 13.3. The summed E-state index contributed by atoms with van der Waals surface area (Å²) in [6, 6.07) is 13.9. The maximum atomic E-state index is 13.3. The van der Waals surface area contributed by atoms with E-state index in [2.05, 4.69) is 14.8 Å². The number of hydrogen-bond acceptors (Lipinski definition) is 7. The molecule has 1 amide bonds. The normalized spacial score (nSPS) is 14.4. The van der Waals surface area contributed by atoms with Crippen LogP contribution in [0.4, 0.5) is 0 Å². The Morgan fingerprint density at radius 2 is 1.94 bits per heavy atom. The molecule has 3 heterocycles. The van der Waals surface area contributed by atoms with Crippen molar-refractivity contribution in [3.8, 4) is 17.2 Å². The van der Waals surface area contributed by atoms with E-state index < -0.39 is 15.9 Å². The minimum atomic E-state index is -4.33. The first kappa shape index (κ1) is 22.9. The molecule has 180 valence electrons. The van der Waals surface area contributed by atoms with Crippen molar-refractivity contribution in [1.29, 1.82) is 0 Å². The number of nitrogens with zero attached hydrogens (tertiary/aromatic N) is 3. The molecule has 4 aromatic rings. The summed E-state index contributed by atoms with van der Waals surface area (Å²) in [7, 11) is -2.96. The number of sulfonamides is 1. The Labute approximate surface area is 202 Å². The van der Waals surface area contributed by atoms with Gasteiger partial charge in [-0.05, 0) is 43.3 Å². The van der Waals surface area contributed by atoms with Crippen molar-refractivity contribution >= 4 is 26.8 Å². The van der Waals surface area contributed by atoms with Gasteiger partial charge in [-0.25, -0.2) is 22.8 Å². The molecule has 1 N–H and O–H groups in total. The second-order valence-electron chi connectivity index (χ2n) is 9.02. The van der Waals surface area contributed by atoms with E-state index in [-0.39, 0.29) is 27.5 Å². The highest BCUT2D eigenvalue weighted by Gasteiger charge is 2.39. The first-order valence-electron chi connectivity index (χ1n) is 10.9. The topological polar surface area (TPSA) is 112 Å². The summed E-state index contributed by atoms with van der Waals surface area (Å²) >= 11 is 0. The third kappa shape index (κ3) is 3.89. The smallest absolute Gasteiger partial charge is 0.283 e. The second-order valence-corrected chi connectivity index (χ2v) is 10.6. The number of pyridine rings is 1. The highest BCUT2D eigenvalue weighted by Crippen LogP contribution is 2.46. The average molecular weight is 493 g/mol. The summed E-state index contributed by atoms with van der Waals surface area (Å²) in [5, 5.41) is 5.20. The van der Waals surface area contributed by atoms with E-state index in [4.69, 9.17) is 9.47 Å². The Morgan fingerprint density at radius 1 is 1.14 bits per heavy atom. The van der Waals surface area contributed by atoms with Gasteiger partial charge in [-0.2, -0.15) is 5.10 Å². The zero-order chi connectivity index (χ0) is 25.0. The molecule has 35 heavy (non-hydrogen) atoms. The number of hydrogen-bond donors (Lipinski definition) is 1. The summed E-state index contributed by atoms with van der Waals surface area (Å²) in [4.78, 5) is 17.2. The lowest BCUT2D eigenvalue weighted by Gasteiger charge is -2.17. The van der Waals surface area contributed by atoms with Crippen molar-refractivity contribution in [2.24, 2.45) is 0 Å². The van der Waals surface area contributed by atoms with Crippen molar-refractivity contribution in [3.05, 3.63) is 71.7 Å². The SMILES string of the molecule is COc1ccc2c(c1S(=O)(=O)NC(=O)c1ccc3c(-n4ccc(C)n4)cccc3n1)OCC2(C)C. The summed E-state index contributed by atoms with van der Waals surface area (Å²) in [6.45, 7) is 6.12. The zero-order valence-corrected chi connectivity index (χ0v) is 20.5. The number of aryl methyl sites for hydroxylation is 1. The maximum Gasteiger partial charge on any atom is 0.283 e. The number of methoxy groups -OCH3 is 1. The molecule has 0 fully saturated rings. The molecule has 0 atom stereocenters. The van der Waals surface area contributed by atoms with Crippen LogP contribution >= 0.6 is 0 Å². The number of nitrogens with one attached hydrogen (secondary N) is 1. The molecule has 0 saturated heterocycles. The third-order valence-corrected chi connectivity index (χ3v) is 7.39. The van der Waals surface area contributed by atoms with Gasteiger partial charge in [0.1, 0.15) is 17.2 Å². The highest BCUT2D eigenvalue weighted by atomic mass is 32.2. The lowest BCUT2D eigenvalue weighted by atomic mass is 9.87. The predicted molar refractivity (Wildman–Crippen MR) is 130 cm³/mol. The second kappa shape index (κ2) is 8.09. The van der Waals surface area contributed by atoms with Gasteiger partial charge in [0.25, 0.3) is 15.9 Å². The molecule has 0 unspecified atom stereocenters. The van der Waals surface area contributed by atoms with Gasteiger partial charge in [0, 0.05) is 22.6 Å². The van der Waals surface area contributed by atoms with Crippen molar-refractivity contribution in [2.75, 3.05) is 13.7 Å². The van der Waals surface area contributed by atoms with Crippen molar-refractivity contribution < 1.29 is 22.7 Å². The van der Waals surface area contributed by atoms with E-state index in [1.165, 1.54) is 13.2 Å². The first-order chi connectivity index (χ1) is 16.6. The van der Waals surface area contributed by atoms with E-state index in [1.54, 1.807) is 35.0 Å². The van der Waals surface area contributed by atoms with Crippen molar-refractivity contribution in [2.45, 2.75) is 31.1 Å². The van der Waals surface area contributed by atoms with Gasteiger partial charge in [0.15, 0.2) is 4.90 Å². The number of ether oxygens (including phenoxy) is 2. The minimum absolute atomic E-state index is 0.0392. The number of carbonyl (C=O) groups is 1. The quantitative estimate of drug-likeness (QED) is 0.454. The van der Waals surface area contributed by atoms with Crippen molar-refractivity contribution in [1.82, 2.24) is 19.5 Å². The summed E-state index contributed by atoms with van der Waals surface area (Å²) in [5.41, 5.74) is 2.52. The van der Waals surface area contributed by atoms with E-state index in [9.17, 15) is 13.2 Å². The van der Waals surface area contributed by atoms with E-state index in [0.29, 0.717) is 12.1 Å². The number of rotatable bonds is 5. The molecular weight excluding hydrogens is 468 g/mol. The molecule has 0 saturated carbocycles. The van der Waals surface area contributed by atoms with Crippen LogP contribution in [0.1, 0.15) is 35.6 Å². The van der Waals surface area contributed by atoms with Crippen LogP contribution in [0, 0.1) is 6.92 Å². The molecule has 1 aliphatic rings. The van der Waals surface area contributed by atoms with Crippen LogP contribution < -0.4 is 14.2 Å². The lowest BCUT2D eigenvalue weighted by molar-refractivity contribution is 0.0977. The highest BCUT2D eigenvalue weighted by molar-refractivity contribution is 7.90. The zero-order valence-electron chi connectivity index (χ0n) is 19.7. The van der Waals surface area contributed by atoms with Crippen LogP contribution in [0.15, 0.2) is 59.6 Å². The average Bonchev–Trinajstić information content (AvgIpc) is 3.39. The Balaban J connectivity index is 1.51. The van der Waals surface area contributed by atoms with E-state index >= 15 is 0 Å². The van der Waals surface area contributed by atoms with Gasteiger partial charge >= 0.3 is 0 Å². The lowest BCUT2D eigenvalue weighted by Crippen LogP contribution is -2.31. The van der Waals surface area contributed by atoms with Gasteiger partial charge in [-0.1, -0.05) is 26.0 Å². The number of fused-ring (bicyclic) bond motifs is 2. The number of carbonyl (C=O) groups excluding carboxylic acids is 1. The Bertz CT molecular complexity index is 1590. The first-order valence-corrected chi connectivity index (χ1v) is 12.4. The number of amides is 1. The molecule has 1 aliphatic heterocycles. The van der Waals surface area contributed by atoms with Crippen LogP contribution in [0.5, 0.6) is 11.5 Å². The van der Waals surface area contributed by atoms with Crippen LogP contribution in [0.25, 0.3) is 16.6 Å². The fourth-order valence-electron chi connectivity index (χ4n) is 4.21. The molecule has 0 bridgehead atoms. The van der Waals surface area contributed by atoms with Crippen molar-refractivity contribution in [3.63, 3.8) is 0 Å². The van der Waals surface area contributed by atoms with Gasteiger partial charge in [0.05, 0.1) is 30.6 Å². The van der Waals surface area contributed by atoms with Gasteiger partial charge < -0.3 is 9.47 Å². The fraction of sp³-hybridized carbons (Fsp3) is 0.240. The third-order valence-electron chi connectivity index (χ3n) is 6.01. The molecule has 0 aliphatic carbocycles. The monoisotopic (exact) mass is 492 g/mol. The molecule has 0 spiro atoms. The fourth-order valence-corrected chi connectivity index (χ4v) is 5.49. The molecule has 10 heteroatoms. The van der Waals surface area contributed by atoms with E-state index in [1.807, 2.05) is 39.1 Å².